The van der Waals surface area contributed by atoms with Gasteiger partial charge in [-0.05, 0) is 55.0 Å². The summed E-state index contributed by atoms with van der Waals surface area (Å²) >= 11 is 0. The van der Waals surface area contributed by atoms with Gasteiger partial charge in [0.25, 0.3) is 0 Å². The number of urea groups is 1. The van der Waals surface area contributed by atoms with Gasteiger partial charge in [-0.2, -0.15) is 0 Å². The third kappa shape index (κ3) is 4.94. The van der Waals surface area contributed by atoms with Crippen LogP contribution in [0.2, 0.25) is 0 Å². The largest absolute Gasteiger partial charge is 0.453 e. The molecule has 2 amide bonds. The van der Waals surface area contributed by atoms with Crippen molar-refractivity contribution in [3.63, 3.8) is 0 Å². The van der Waals surface area contributed by atoms with Crippen molar-refractivity contribution in [3.8, 4) is 11.5 Å². The number of pyridine rings is 1. The third-order valence-electron chi connectivity index (χ3n) is 4.61. The van der Waals surface area contributed by atoms with Crippen molar-refractivity contribution in [2.45, 2.75) is 32.7 Å². The van der Waals surface area contributed by atoms with E-state index in [0.717, 1.165) is 32.4 Å². The van der Waals surface area contributed by atoms with Crippen molar-refractivity contribution in [2.75, 3.05) is 13.1 Å². The lowest BCUT2D eigenvalue weighted by Gasteiger charge is -2.21. The number of halogens is 1. The maximum absolute atomic E-state index is 14.2. The lowest BCUT2D eigenvalue weighted by molar-refractivity contribution is 0.199. The Kier molecular flexibility index (Phi) is 6.04. The number of ether oxygens (including phenoxy) is 1. The van der Waals surface area contributed by atoms with Crippen LogP contribution in [-0.2, 0) is 6.54 Å². The number of nitrogens with zero attached hydrogens (tertiary/aromatic N) is 2. The van der Waals surface area contributed by atoms with Crippen molar-refractivity contribution < 1.29 is 13.9 Å². The van der Waals surface area contributed by atoms with E-state index in [0.29, 0.717) is 17.2 Å². The minimum absolute atomic E-state index is 0.0878. The number of aromatic nitrogens is 1. The maximum Gasteiger partial charge on any atom is 0.317 e. The fraction of sp³-hybridized carbons (Fsp3) is 0.400. The van der Waals surface area contributed by atoms with Crippen LogP contribution in [0.25, 0.3) is 0 Å². The summed E-state index contributed by atoms with van der Waals surface area (Å²) in [6, 6.07) is 8.05. The standard InChI is InChI=1S/C20H24FN3O2/c1-15-4-3-10-24(11-8-15)20(25)23-13-16-6-7-19(18(21)12-16)26-17-5-2-9-22-14-17/h2,5-7,9,12,14-15H,3-4,8,10-11,13H2,1H3,(H,23,25)/t15-/m1/s1. The molecule has 1 aromatic carbocycles. The maximum atomic E-state index is 14.2. The van der Waals surface area contributed by atoms with E-state index in [1.165, 1.54) is 12.3 Å². The number of hydrogen-bond donors (Lipinski definition) is 1. The molecule has 1 aliphatic heterocycles. The second-order valence-corrected chi connectivity index (χ2v) is 6.74. The molecule has 0 unspecified atom stereocenters. The Labute approximate surface area is 153 Å². The first-order chi connectivity index (χ1) is 12.6. The molecule has 0 saturated carbocycles. The first-order valence-corrected chi connectivity index (χ1v) is 9.01. The van der Waals surface area contributed by atoms with E-state index >= 15 is 0 Å². The smallest absolute Gasteiger partial charge is 0.317 e. The highest BCUT2D eigenvalue weighted by atomic mass is 19.1. The molecule has 1 atom stereocenters. The highest BCUT2D eigenvalue weighted by Crippen LogP contribution is 2.24. The minimum Gasteiger partial charge on any atom is -0.453 e. The van der Waals surface area contributed by atoms with E-state index in [-0.39, 0.29) is 18.3 Å². The van der Waals surface area contributed by atoms with Gasteiger partial charge >= 0.3 is 6.03 Å². The summed E-state index contributed by atoms with van der Waals surface area (Å²) < 4.78 is 19.7. The molecule has 0 bridgehead atoms. The van der Waals surface area contributed by atoms with Crippen LogP contribution in [-0.4, -0.2) is 29.0 Å². The molecule has 1 N–H and O–H groups in total. The summed E-state index contributed by atoms with van der Waals surface area (Å²) in [5.74, 6) is 0.802. The van der Waals surface area contributed by atoms with Crippen molar-refractivity contribution in [3.05, 3.63) is 54.1 Å². The van der Waals surface area contributed by atoms with E-state index < -0.39 is 5.82 Å². The second kappa shape index (κ2) is 8.65. The molecule has 1 fully saturated rings. The Balaban J connectivity index is 1.55. The molecule has 138 valence electrons. The Morgan fingerprint density at radius 2 is 2.23 bits per heavy atom. The first-order valence-electron chi connectivity index (χ1n) is 9.01. The SMILES string of the molecule is C[C@@H]1CCCN(C(=O)NCc2ccc(Oc3cccnc3)c(F)c2)CC1. The van der Waals surface area contributed by atoms with E-state index in [9.17, 15) is 9.18 Å². The van der Waals surface area contributed by atoms with Gasteiger partial charge < -0.3 is 15.0 Å². The summed E-state index contributed by atoms with van der Waals surface area (Å²) in [7, 11) is 0. The highest BCUT2D eigenvalue weighted by Gasteiger charge is 2.18. The summed E-state index contributed by atoms with van der Waals surface area (Å²) in [6.07, 6.45) is 6.37. The molecule has 1 aliphatic rings. The number of rotatable bonds is 4. The predicted molar refractivity (Wildman–Crippen MR) is 97.5 cm³/mol. The summed E-state index contributed by atoms with van der Waals surface area (Å²) in [5, 5.41) is 2.88. The van der Waals surface area contributed by atoms with Gasteiger partial charge in [-0.25, -0.2) is 9.18 Å². The lowest BCUT2D eigenvalue weighted by Crippen LogP contribution is -2.40. The van der Waals surface area contributed by atoms with Gasteiger partial charge in [0, 0.05) is 25.8 Å². The zero-order valence-corrected chi connectivity index (χ0v) is 15.0. The summed E-state index contributed by atoms with van der Waals surface area (Å²) in [4.78, 5) is 18.1. The highest BCUT2D eigenvalue weighted by molar-refractivity contribution is 5.74. The zero-order chi connectivity index (χ0) is 18.4. The van der Waals surface area contributed by atoms with E-state index in [1.807, 2.05) is 4.90 Å². The number of nitrogens with one attached hydrogen (secondary N) is 1. The van der Waals surface area contributed by atoms with E-state index in [4.69, 9.17) is 4.74 Å². The third-order valence-corrected chi connectivity index (χ3v) is 4.61. The number of hydrogen-bond acceptors (Lipinski definition) is 3. The Bertz CT molecular complexity index is 739. The molecule has 1 aromatic heterocycles. The molecule has 6 heteroatoms. The van der Waals surface area contributed by atoms with Gasteiger partial charge in [0.1, 0.15) is 5.75 Å². The second-order valence-electron chi connectivity index (χ2n) is 6.74. The fourth-order valence-corrected chi connectivity index (χ4v) is 3.03. The van der Waals surface area contributed by atoms with Crippen molar-refractivity contribution in [2.24, 2.45) is 5.92 Å². The zero-order valence-electron chi connectivity index (χ0n) is 15.0. The van der Waals surface area contributed by atoms with Gasteiger partial charge in [-0.15, -0.1) is 0 Å². The van der Waals surface area contributed by atoms with Gasteiger partial charge in [-0.1, -0.05) is 13.0 Å². The number of likely N-dealkylation sites (tertiary alicyclic amines) is 1. The van der Waals surface area contributed by atoms with Crippen LogP contribution in [0.5, 0.6) is 11.5 Å². The lowest BCUT2D eigenvalue weighted by atomic mass is 10.0. The van der Waals surface area contributed by atoms with Crippen LogP contribution in [0.1, 0.15) is 31.7 Å². The average Bonchev–Trinajstić information content (AvgIpc) is 2.87. The predicted octanol–water partition coefficient (Wildman–Crippen LogP) is 4.34. The molecule has 0 aliphatic carbocycles. The van der Waals surface area contributed by atoms with Crippen molar-refractivity contribution >= 4 is 6.03 Å². The van der Waals surface area contributed by atoms with Crippen LogP contribution in [0, 0.1) is 11.7 Å². The van der Waals surface area contributed by atoms with Crippen LogP contribution < -0.4 is 10.1 Å². The van der Waals surface area contributed by atoms with Crippen LogP contribution >= 0.6 is 0 Å². The molecule has 26 heavy (non-hydrogen) atoms. The molecular formula is C20H24FN3O2. The number of carbonyl (C=O) groups excluding carboxylic acids is 1. The molecular weight excluding hydrogens is 333 g/mol. The summed E-state index contributed by atoms with van der Waals surface area (Å²) in [6.45, 7) is 4.07. The molecule has 0 spiro atoms. The van der Waals surface area contributed by atoms with Gasteiger partial charge in [-0.3, -0.25) is 4.98 Å². The van der Waals surface area contributed by atoms with Crippen LogP contribution in [0.3, 0.4) is 0 Å². The fourth-order valence-electron chi connectivity index (χ4n) is 3.03. The Morgan fingerprint density at radius 1 is 1.35 bits per heavy atom. The van der Waals surface area contributed by atoms with E-state index in [1.54, 1.807) is 30.5 Å². The first kappa shape index (κ1) is 18.2. The van der Waals surface area contributed by atoms with Crippen molar-refractivity contribution in [1.29, 1.82) is 0 Å². The number of benzene rings is 1. The minimum atomic E-state index is -0.468. The molecule has 2 heterocycles. The molecule has 5 nitrogen and oxygen atoms in total. The van der Waals surface area contributed by atoms with Crippen LogP contribution in [0.15, 0.2) is 42.7 Å². The molecule has 2 aromatic rings. The topological polar surface area (TPSA) is 54.5 Å². The molecule has 0 radical (unpaired) electrons. The van der Waals surface area contributed by atoms with E-state index in [2.05, 4.69) is 17.2 Å². The Hall–Kier alpha value is -2.63. The van der Waals surface area contributed by atoms with Crippen LogP contribution in [0.4, 0.5) is 9.18 Å². The van der Waals surface area contributed by atoms with Crippen molar-refractivity contribution in [1.82, 2.24) is 15.2 Å². The normalized spacial score (nSPS) is 17.5. The van der Waals surface area contributed by atoms with Gasteiger partial charge in [0.05, 0.1) is 6.20 Å². The number of carbonyl (C=O) groups is 1. The van der Waals surface area contributed by atoms with Gasteiger partial charge in [0.2, 0.25) is 0 Å². The Morgan fingerprint density at radius 3 is 3.00 bits per heavy atom. The number of amides is 2. The molecule has 3 rings (SSSR count). The monoisotopic (exact) mass is 357 g/mol. The summed E-state index contributed by atoms with van der Waals surface area (Å²) in [5.41, 5.74) is 0.692. The molecule has 1 saturated heterocycles. The average molecular weight is 357 g/mol. The quantitative estimate of drug-likeness (QED) is 0.885. The van der Waals surface area contributed by atoms with Gasteiger partial charge in [0.15, 0.2) is 11.6 Å².